The number of fused-ring (bicyclic) bond motifs is 2. The van der Waals surface area contributed by atoms with E-state index in [-0.39, 0.29) is 0 Å². The molecule has 7 heteroatoms. The Balaban J connectivity index is 1.41. The second-order valence-electron chi connectivity index (χ2n) is 9.13. The predicted octanol–water partition coefficient (Wildman–Crippen LogP) is 5.05. The fourth-order valence-corrected chi connectivity index (χ4v) is 4.86. The van der Waals surface area contributed by atoms with Crippen molar-refractivity contribution in [1.82, 2.24) is 29.8 Å². The number of likely N-dealkylation sites (tertiary alicyclic amines) is 1. The number of rotatable bonds is 4. The molecule has 34 heavy (non-hydrogen) atoms. The van der Waals surface area contributed by atoms with Gasteiger partial charge in [-0.3, -0.25) is 4.98 Å². The van der Waals surface area contributed by atoms with E-state index >= 15 is 0 Å². The summed E-state index contributed by atoms with van der Waals surface area (Å²) in [5, 5.41) is 5.81. The van der Waals surface area contributed by atoms with E-state index in [1.807, 2.05) is 31.6 Å². The second kappa shape index (κ2) is 8.50. The molecule has 1 saturated heterocycles. The van der Waals surface area contributed by atoms with Crippen LogP contribution in [0.5, 0.6) is 0 Å². The Hall–Kier alpha value is -3.84. The number of hydrogen-bond donors (Lipinski definition) is 2. The minimum absolute atomic E-state index is 0.431. The smallest absolute Gasteiger partial charge is 0.137 e. The number of piperidine rings is 1. The maximum absolute atomic E-state index is 4.68. The predicted molar refractivity (Wildman–Crippen MR) is 137 cm³/mol. The molecule has 1 aliphatic rings. The lowest BCUT2D eigenvalue weighted by molar-refractivity contribution is 0.264. The third-order valence-electron chi connectivity index (χ3n) is 6.85. The molecule has 0 radical (unpaired) electrons. The number of aryl methyl sites for hydroxylation is 1. The Bertz CT molecular complexity index is 1480. The van der Waals surface area contributed by atoms with Crippen LogP contribution < -0.4 is 5.32 Å². The van der Waals surface area contributed by atoms with Gasteiger partial charge in [0.1, 0.15) is 17.8 Å². The minimum atomic E-state index is 0.431. The van der Waals surface area contributed by atoms with Crippen LogP contribution in [0.25, 0.3) is 44.2 Å². The van der Waals surface area contributed by atoms with Crippen LogP contribution in [0.4, 0.5) is 5.82 Å². The van der Waals surface area contributed by atoms with Gasteiger partial charge in [0.15, 0.2) is 0 Å². The van der Waals surface area contributed by atoms with Gasteiger partial charge in [0, 0.05) is 57.8 Å². The van der Waals surface area contributed by atoms with Crippen LogP contribution in [0, 0.1) is 6.92 Å². The Kier molecular flexibility index (Phi) is 5.19. The number of anilines is 1. The number of aromatic nitrogens is 5. The SMILES string of the molecule is Cc1ncccc1-c1cnc2[nH]cc(-c3ccc4ncnc(NC5CCN(C)CC5)c4c3)c2c1. The molecular weight excluding hydrogens is 422 g/mol. The van der Waals surface area contributed by atoms with Gasteiger partial charge in [0.05, 0.1) is 5.52 Å². The number of nitrogens with zero attached hydrogens (tertiary/aromatic N) is 5. The lowest BCUT2D eigenvalue weighted by Gasteiger charge is -2.30. The number of aromatic amines is 1. The van der Waals surface area contributed by atoms with E-state index in [0.717, 1.165) is 81.6 Å². The third kappa shape index (κ3) is 3.78. The first kappa shape index (κ1) is 20.7. The van der Waals surface area contributed by atoms with Gasteiger partial charge in [0.2, 0.25) is 0 Å². The third-order valence-corrected chi connectivity index (χ3v) is 6.85. The molecule has 2 N–H and O–H groups in total. The zero-order valence-corrected chi connectivity index (χ0v) is 19.4. The molecule has 0 unspecified atom stereocenters. The molecule has 6 rings (SSSR count). The minimum Gasteiger partial charge on any atom is -0.367 e. The van der Waals surface area contributed by atoms with Crippen molar-refractivity contribution in [2.45, 2.75) is 25.8 Å². The van der Waals surface area contributed by atoms with E-state index in [1.165, 1.54) is 0 Å². The number of H-pyrrole nitrogens is 1. The summed E-state index contributed by atoms with van der Waals surface area (Å²) in [6.07, 6.45) is 9.65. The summed E-state index contributed by atoms with van der Waals surface area (Å²) in [7, 11) is 2.18. The summed E-state index contributed by atoms with van der Waals surface area (Å²) >= 11 is 0. The second-order valence-corrected chi connectivity index (χ2v) is 9.13. The Labute approximate surface area is 198 Å². The summed E-state index contributed by atoms with van der Waals surface area (Å²) in [6.45, 7) is 4.24. The summed E-state index contributed by atoms with van der Waals surface area (Å²) in [4.78, 5) is 23.9. The van der Waals surface area contributed by atoms with Gasteiger partial charge >= 0.3 is 0 Å². The summed E-state index contributed by atoms with van der Waals surface area (Å²) in [6, 6.07) is 13.1. The highest BCUT2D eigenvalue weighted by Crippen LogP contribution is 2.34. The van der Waals surface area contributed by atoms with Crippen LogP contribution in [0.15, 0.2) is 61.3 Å². The van der Waals surface area contributed by atoms with E-state index in [0.29, 0.717) is 6.04 Å². The van der Waals surface area contributed by atoms with E-state index in [4.69, 9.17) is 0 Å². The lowest BCUT2D eigenvalue weighted by Crippen LogP contribution is -2.36. The molecule has 4 aromatic heterocycles. The molecule has 170 valence electrons. The largest absolute Gasteiger partial charge is 0.367 e. The first-order valence-electron chi connectivity index (χ1n) is 11.7. The lowest BCUT2D eigenvalue weighted by atomic mass is 10.0. The molecule has 0 bridgehead atoms. The van der Waals surface area contributed by atoms with Crippen LogP contribution in [0.1, 0.15) is 18.5 Å². The first-order valence-corrected chi connectivity index (χ1v) is 11.7. The molecule has 7 nitrogen and oxygen atoms in total. The molecule has 1 aliphatic heterocycles. The molecular formula is C27H27N7. The normalized spacial score (nSPS) is 15.2. The average Bonchev–Trinajstić information content (AvgIpc) is 3.29. The Morgan fingerprint density at radius 3 is 2.65 bits per heavy atom. The van der Waals surface area contributed by atoms with Gasteiger partial charge < -0.3 is 15.2 Å². The van der Waals surface area contributed by atoms with Gasteiger partial charge in [0.25, 0.3) is 0 Å². The van der Waals surface area contributed by atoms with Gasteiger partial charge in [-0.1, -0.05) is 12.1 Å². The Morgan fingerprint density at radius 2 is 1.79 bits per heavy atom. The quantitative estimate of drug-likeness (QED) is 0.400. The van der Waals surface area contributed by atoms with Crippen molar-refractivity contribution in [2.75, 3.05) is 25.5 Å². The summed E-state index contributed by atoms with van der Waals surface area (Å²) in [5.74, 6) is 0.908. The van der Waals surface area contributed by atoms with Crippen molar-refractivity contribution in [3.8, 4) is 22.3 Å². The Morgan fingerprint density at radius 1 is 0.941 bits per heavy atom. The van der Waals surface area contributed by atoms with E-state index in [2.05, 4.69) is 72.5 Å². The number of nitrogens with one attached hydrogen (secondary N) is 2. The molecule has 1 fully saturated rings. The van der Waals surface area contributed by atoms with Crippen molar-refractivity contribution < 1.29 is 0 Å². The molecule has 1 aromatic carbocycles. The van der Waals surface area contributed by atoms with Gasteiger partial charge in [-0.25, -0.2) is 15.0 Å². The highest BCUT2D eigenvalue weighted by Gasteiger charge is 2.18. The highest BCUT2D eigenvalue weighted by atomic mass is 15.1. The van der Waals surface area contributed by atoms with Crippen molar-refractivity contribution >= 4 is 27.8 Å². The highest BCUT2D eigenvalue weighted by molar-refractivity contribution is 5.99. The van der Waals surface area contributed by atoms with Crippen molar-refractivity contribution in [1.29, 1.82) is 0 Å². The molecule has 0 spiro atoms. The summed E-state index contributed by atoms with van der Waals surface area (Å²) in [5.41, 5.74) is 7.19. The fraction of sp³-hybridized carbons (Fsp3) is 0.259. The molecule has 5 heterocycles. The maximum atomic E-state index is 4.68. The first-order chi connectivity index (χ1) is 16.7. The maximum Gasteiger partial charge on any atom is 0.137 e. The number of benzene rings is 1. The van der Waals surface area contributed by atoms with Crippen molar-refractivity contribution in [2.24, 2.45) is 0 Å². The standard InChI is InChI=1S/C27H27N7/c1-17-21(4-3-9-28-17)19-13-22-24(15-30-26(22)29-14-19)18-5-6-25-23(12-18)27(32-16-31-25)33-20-7-10-34(2)11-8-20/h3-6,9,12-16,20H,7-8,10-11H2,1-2H3,(H,29,30)(H,31,32,33). The molecule has 0 amide bonds. The summed E-state index contributed by atoms with van der Waals surface area (Å²) < 4.78 is 0. The fourth-order valence-electron chi connectivity index (χ4n) is 4.86. The van der Waals surface area contributed by atoms with Crippen LogP contribution in [-0.2, 0) is 0 Å². The molecule has 0 saturated carbocycles. The van der Waals surface area contributed by atoms with Gasteiger partial charge in [-0.05, 0) is 69.7 Å². The van der Waals surface area contributed by atoms with Crippen molar-refractivity contribution in [3.63, 3.8) is 0 Å². The average molecular weight is 450 g/mol. The van der Waals surface area contributed by atoms with Crippen LogP contribution in [0.2, 0.25) is 0 Å². The monoisotopic (exact) mass is 449 g/mol. The van der Waals surface area contributed by atoms with Crippen LogP contribution in [-0.4, -0.2) is 56.0 Å². The molecule has 0 atom stereocenters. The topological polar surface area (TPSA) is 82.6 Å². The van der Waals surface area contributed by atoms with E-state index in [1.54, 1.807) is 6.33 Å². The number of hydrogen-bond acceptors (Lipinski definition) is 6. The van der Waals surface area contributed by atoms with Crippen molar-refractivity contribution in [3.05, 3.63) is 67.0 Å². The van der Waals surface area contributed by atoms with Crippen LogP contribution >= 0.6 is 0 Å². The molecule has 5 aromatic rings. The van der Waals surface area contributed by atoms with E-state index in [9.17, 15) is 0 Å². The number of pyridine rings is 2. The molecule has 0 aliphatic carbocycles. The van der Waals surface area contributed by atoms with Gasteiger partial charge in [-0.2, -0.15) is 0 Å². The zero-order chi connectivity index (χ0) is 23.1. The zero-order valence-electron chi connectivity index (χ0n) is 19.4. The van der Waals surface area contributed by atoms with Crippen LogP contribution in [0.3, 0.4) is 0 Å². The van der Waals surface area contributed by atoms with Gasteiger partial charge in [-0.15, -0.1) is 0 Å². The van der Waals surface area contributed by atoms with E-state index < -0.39 is 0 Å².